The maximum Gasteiger partial charge on any atom is 0.304 e. The molecule has 110 valence electrons. The van der Waals surface area contributed by atoms with Crippen molar-refractivity contribution >= 4 is 17.7 Å². The number of carboxylic acids is 1. The van der Waals surface area contributed by atoms with Crippen LogP contribution in [0.25, 0.3) is 0 Å². The number of aryl methyl sites for hydroxylation is 1. The number of amides is 1. The predicted octanol–water partition coefficient (Wildman–Crippen LogP) is 1.25. The second-order valence-electron chi connectivity index (χ2n) is 5.09. The summed E-state index contributed by atoms with van der Waals surface area (Å²) in [5.41, 5.74) is 0. The molecule has 1 aliphatic rings. The van der Waals surface area contributed by atoms with Crippen LogP contribution in [0.2, 0.25) is 0 Å². The largest absolute Gasteiger partial charge is 0.481 e. The van der Waals surface area contributed by atoms with E-state index in [1.807, 2.05) is 4.90 Å². The lowest BCUT2D eigenvalue weighted by Crippen LogP contribution is -2.44. The summed E-state index contributed by atoms with van der Waals surface area (Å²) >= 11 is 0. The van der Waals surface area contributed by atoms with Gasteiger partial charge >= 0.3 is 5.97 Å². The first kappa shape index (κ1) is 14.5. The quantitative estimate of drug-likeness (QED) is 0.843. The highest BCUT2D eigenvalue weighted by Gasteiger charge is 2.26. The molecule has 1 atom stereocenters. The third-order valence-corrected chi connectivity index (χ3v) is 3.40. The lowest BCUT2D eigenvalue weighted by Gasteiger charge is -2.34. The van der Waals surface area contributed by atoms with Crippen LogP contribution in [0.15, 0.2) is 10.6 Å². The molecule has 20 heavy (non-hydrogen) atoms. The van der Waals surface area contributed by atoms with Crippen molar-refractivity contribution in [1.82, 2.24) is 10.1 Å². The number of aromatic nitrogens is 1. The molecule has 1 fully saturated rings. The molecule has 7 heteroatoms. The number of hydrogen-bond acceptors (Lipinski definition) is 5. The number of carbonyl (C=O) groups is 2. The van der Waals surface area contributed by atoms with Gasteiger partial charge in [0.25, 0.3) is 0 Å². The molecule has 0 spiro atoms. The normalized spacial score (nSPS) is 19.8. The molecule has 1 aromatic heterocycles. The summed E-state index contributed by atoms with van der Waals surface area (Å²) in [6.45, 7) is 2.68. The topological polar surface area (TPSA) is 95.7 Å². The molecule has 2 heterocycles. The molecule has 1 saturated heterocycles. The average molecular weight is 281 g/mol. The van der Waals surface area contributed by atoms with Crippen LogP contribution in [0.5, 0.6) is 0 Å². The molecular weight excluding hydrogens is 262 g/mol. The second-order valence-corrected chi connectivity index (χ2v) is 5.09. The molecule has 0 radical (unpaired) electrons. The number of anilines is 1. The summed E-state index contributed by atoms with van der Waals surface area (Å²) in [6, 6.07) is 1.58. The van der Waals surface area contributed by atoms with E-state index in [9.17, 15) is 9.59 Å². The third kappa shape index (κ3) is 4.06. The fourth-order valence-electron chi connectivity index (χ4n) is 2.49. The molecule has 1 unspecified atom stereocenters. The van der Waals surface area contributed by atoms with Gasteiger partial charge in [0.15, 0.2) is 5.82 Å². The molecule has 1 aromatic rings. The molecule has 0 aromatic carbocycles. The van der Waals surface area contributed by atoms with Crippen LogP contribution >= 0.6 is 0 Å². The van der Waals surface area contributed by atoms with Gasteiger partial charge in [0.1, 0.15) is 5.76 Å². The van der Waals surface area contributed by atoms with Gasteiger partial charge in [-0.2, -0.15) is 0 Å². The van der Waals surface area contributed by atoms with E-state index < -0.39 is 5.97 Å². The van der Waals surface area contributed by atoms with Crippen LogP contribution in [0.1, 0.15) is 31.4 Å². The van der Waals surface area contributed by atoms with Gasteiger partial charge in [-0.25, -0.2) is 0 Å². The molecular formula is C13H19N3O4. The zero-order valence-corrected chi connectivity index (χ0v) is 11.5. The minimum absolute atomic E-state index is 0.0638. The number of hydrogen-bond donors (Lipinski definition) is 2. The standard InChI is InChI=1S/C13H19N3O4/c1-9-6-11(15-20-9)14-12(17)8-16-5-3-2-4-10(16)7-13(18)19/h6,10H,2-5,7-8H2,1H3,(H,18,19)(H,14,15,17). The highest BCUT2D eigenvalue weighted by atomic mass is 16.5. The first-order chi connectivity index (χ1) is 9.54. The van der Waals surface area contributed by atoms with Gasteiger partial charge in [0.05, 0.1) is 13.0 Å². The Balaban J connectivity index is 1.89. The minimum Gasteiger partial charge on any atom is -0.481 e. The summed E-state index contributed by atoms with van der Waals surface area (Å²) in [4.78, 5) is 24.7. The average Bonchev–Trinajstić information content (AvgIpc) is 2.76. The number of carboxylic acid groups (broad SMARTS) is 1. The molecule has 1 amide bonds. The number of aliphatic carboxylic acids is 1. The number of rotatable bonds is 5. The van der Waals surface area contributed by atoms with Crippen molar-refractivity contribution in [2.75, 3.05) is 18.4 Å². The second kappa shape index (κ2) is 6.51. The minimum atomic E-state index is -0.825. The van der Waals surface area contributed by atoms with Gasteiger partial charge in [-0.3, -0.25) is 14.5 Å². The number of carbonyl (C=O) groups excluding carboxylic acids is 1. The van der Waals surface area contributed by atoms with E-state index in [0.717, 1.165) is 25.8 Å². The van der Waals surface area contributed by atoms with E-state index in [4.69, 9.17) is 9.63 Å². The van der Waals surface area contributed by atoms with E-state index in [1.54, 1.807) is 13.0 Å². The molecule has 7 nitrogen and oxygen atoms in total. The molecule has 1 aliphatic heterocycles. The lowest BCUT2D eigenvalue weighted by atomic mass is 9.99. The van der Waals surface area contributed by atoms with E-state index >= 15 is 0 Å². The van der Waals surface area contributed by atoms with Crippen LogP contribution in [-0.4, -0.2) is 46.2 Å². The van der Waals surface area contributed by atoms with E-state index in [1.165, 1.54) is 0 Å². The van der Waals surface area contributed by atoms with Gasteiger partial charge in [0.2, 0.25) is 5.91 Å². The molecule has 0 aliphatic carbocycles. The number of piperidine rings is 1. The summed E-state index contributed by atoms with van der Waals surface area (Å²) in [5.74, 6) is -0.00802. The fourth-order valence-corrected chi connectivity index (χ4v) is 2.49. The molecule has 0 bridgehead atoms. The summed E-state index contributed by atoms with van der Waals surface area (Å²) in [5, 5.41) is 15.3. The van der Waals surface area contributed by atoms with Crippen molar-refractivity contribution in [3.05, 3.63) is 11.8 Å². The highest BCUT2D eigenvalue weighted by molar-refractivity contribution is 5.91. The Morgan fingerprint density at radius 2 is 2.35 bits per heavy atom. The summed E-state index contributed by atoms with van der Waals surface area (Å²) < 4.78 is 4.87. The Bertz CT molecular complexity index is 486. The number of nitrogens with one attached hydrogen (secondary N) is 1. The van der Waals surface area contributed by atoms with Crippen LogP contribution < -0.4 is 5.32 Å². The van der Waals surface area contributed by atoms with Crippen LogP contribution in [0, 0.1) is 6.92 Å². The van der Waals surface area contributed by atoms with Crippen LogP contribution in [0.4, 0.5) is 5.82 Å². The van der Waals surface area contributed by atoms with Crippen LogP contribution in [0.3, 0.4) is 0 Å². The van der Waals surface area contributed by atoms with Gasteiger partial charge in [-0.1, -0.05) is 11.6 Å². The smallest absolute Gasteiger partial charge is 0.304 e. The Hall–Kier alpha value is -1.89. The number of nitrogens with zero attached hydrogens (tertiary/aromatic N) is 2. The number of likely N-dealkylation sites (tertiary alicyclic amines) is 1. The lowest BCUT2D eigenvalue weighted by molar-refractivity contribution is -0.139. The van der Waals surface area contributed by atoms with Crippen molar-refractivity contribution in [3.63, 3.8) is 0 Å². The Morgan fingerprint density at radius 1 is 1.55 bits per heavy atom. The Kier molecular flexibility index (Phi) is 4.73. The maximum absolute atomic E-state index is 11.9. The fraction of sp³-hybridized carbons (Fsp3) is 0.615. The zero-order chi connectivity index (χ0) is 14.5. The van der Waals surface area contributed by atoms with Gasteiger partial charge < -0.3 is 14.9 Å². The molecule has 0 saturated carbocycles. The van der Waals surface area contributed by atoms with Crippen molar-refractivity contribution in [3.8, 4) is 0 Å². The predicted molar refractivity (Wildman–Crippen MR) is 71.3 cm³/mol. The SMILES string of the molecule is Cc1cc(NC(=O)CN2CCCCC2CC(=O)O)no1. The maximum atomic E-state index is 11.9. The highest BCUT2D eigenvalue weighted by Crippen LogP contribution is 2.19. The van der Waals surface area contributed by atoms with Crippen LogP contribution in [-0.2, 0) is 9.59 Å². The van der Waals surface area contributed by atoms with E-state index in [0.29, 0.717) is 11.6 Å². The first-order valence-electron chi connectivity index (χ1n) is 6.73. The molecule has 2 rings (SSSR count). The first-order valence-corrected chi connectivity index (χ1v) is 6.73. The van der Waals surface area contributed by atoms with Crippen molar-refractivity contribution in [1.29, 1.82) is 0 Å². The Labute approximate surface area is 116 Å². The van der Waals surface area contributed by atoms with Crippen molar-refractivity contribution in [2.24, 2.45) is 0 Å². The van der Waals surface area contributed by atoms with E-state index in [2.05, 4.69) is 10.5 Å². The van der Waals surface area contributed by atoms with Gasteiger partial charge in [0, 0.05) is 12.1 Å². The molecule has 2 N–H and O–H groups in total. The monoisotopic (exact) mass is 281 g/mol. The van der Waals surface area contributed by atoms with Crippen molar-refractivity contribution in [2.45, 2.75) is 38.6 Å². The van der Waals surface area contributed by atoms with Gasteiger partial charge in [-0.15, -0.1) is 0 Å². The van der Waals surface area contributed by atoms with E-state index in [-0.39, 0.29) is 24.9 Å². The van der Waals surface area contributed by atoms with Crippen molar-refractivity contribution < 1.29 is 19.2 Å². The summed E-state index contributed by atoms with van der Waals surface area (Å²) in [6.07, 6.45) is 2.91. The third-order valence-electron chi connectivity index (χ3n) is 3.40. The Morgan fingerprint density at radius 3 is 3.00 bits per heavy atom. The summed E-state index contributed by atoms with van der Waals surface area (Å²) in [7, 11) is 0. The van der Waals surface area contributed by atoms with Gasteiger partial charge in [-0.05, 0) is 26.3 Å². The zero-order valence-electron chi connectivity index (χ0n) is 11.5.